The predicted molar refractivity (Wildman–Crippen MR) is 76.5 cm³/mol. The maximum atomic E-state index is 5.56. The van der Waals surface area contributed by atoms with Crippen molar-refractivity contribution in [3.63, 3.8) is 0 Å². The quantitative estimate of drug-likeness (QED) is 0.831. The van der Waals surface area contributed by atoms with Crippen LogP contribution < -0.4 is 5.32 Å². The van der Waals surface area contributed by atoms with Crippen molar-refractivity contribution in [2.24, 2.45) is 0 Å². The van der Waals surface area contributed by atoms with Crippen LogP contribution in [0.1, 0.15) is 32.3 Å². The Hall–Kier alpha value is -0.380. The molecule has 0 aromatic heterocycles. The number of halogens is 1. The molecule has 0 amide bonds. The van der Waals surface area contributed by atoms with Crippen LogP contribution in [0.3, 0.4) is 0 Å². The zero-order valence-corrected chi connectivity index (χ0v) is 12.5. The zero-order valence-electron chi connectivity index (χ0n) is 10.9. The van der Waals surface area contributed by atoms with Crippen LogP contribution in [0.15, 0.2) is 28.7 Å². The van der Waals surface area contributed by atoms with Gasteiger partial charge in [0.15, 0.2) is 0 Å². The first-order chi connectivity index (χ1) is 8.13. The molecule has 1 atom stereocenters. The van der Waals surface area contributed by atoms with E-state index in [0.29, 0.717) is 12.0 Å². The maximum Gasteiger partial charge on any atom is 0.0546 e. The van der Waals surface area contributed by atoms with Crippen molar-refractivity contribution in [3.05, 3.63) is 34.3 Å². The lowest BCUT2D eigenvalue weighted by Gasteiger charge is -2.19. The molecule has 0 heterocycles. The second-order valence-corrected chi connectivity index (χ2v) is 5.39. The molecular formula is C14H22BrNO. The Balaban J connectivity index is 2.63. The van der Waals surface area contributed by atoms with Gasteiger partial charge in [-0.1, -0.05) is 41.9 Å². The van der Waals surface area contributed by atoms with E-state index >= 15 is 0 Å². The molecule has 0 aliphatic heterocycles. The van der Waals surface area contributed by atoms with Gasteiger partial charge in [-0.05, 0) is 24.6 Å². The average Bonchev–Trinajstić information content (AvgIpc) is 2.30. The fraction of sp³-hybridized carbons (Fsp3) is 0.571. The predicted octanol–water partition coefficient (Wildman–Crippen LogP) is 3.57. The molecule has 0 aliphatic rings. The van der Waals surface area contributed by atoms with Gasteiger partial charge in [0.1, 0.15) is 0 Å². The molecule has 1 rings (SSSR count). The molecule has 0 aliphatic carbocycles. The molecular weight excluding hydrogens is 278 g/mol. The van der Waals surface area contributed by atoms with Crippen molar-refractivity contribution in [3.8, 4) is 0 Å². The first kappa shape index (κ1) is 14.7. The van der Waals surface area contributed by atoms with Crippen molar-refractivity contribution in [2.45, 2.75) is 32.7 Å². The lowest BCUT2D eigenvalue weighted by atomic mass is 10.00. The molecule has 0 bridgehead atoms. The fourth-order valence-corrected chi connectivity index (χ4v) is 1.91. The van der Waals surface area contributed by atoms with E-state index in [9.17, 15) is 0 Å². The van der Waals surface area contributed by atoms with E-state index in [1.54, 1.807) is 0 Å². The largest absolute Gasteiger partial charge is 0.381 e. The number of hydrogen-bond donors (Lipinski definition) is 1. The summed E-state index contributed by atoms with van der Waals surface area (Å²) in [5.74, 6) is 0.422. The molecule has 17 heavy (non-hydrogen) atoms. The number of ether oxygens (including phenoxy) is 1. The SMILES string of the molecule is CCOCC(CNC(C)C)c1ccc(Br)cc1. The normalized spacial score (nSPS) is 13.0. The van der Waals surface area contributed by atoms with Crippen molar-refractivity contribution >= 4 is 15.9 Å². The molecule has 1 unspecified atom stereocenters. The third kappa shape index (κ3) is 5.66. The standard InChI is InChI=1S/C14H22BrNO/c1-4-17-10-13(9-16-11(2)3)12-5-7-14(15)8-6-12/h5-8,11,13,16H,4,9-10H2,1-3H3. The van der Waals surface area contributed by atoms with Crippen molar-refractivity contribution in [1.29, 1.82) is 0 Å². The third-order valence-electron chi connectivity index (χ3n) is 2.64. The Morgan fingerprint density at radius 1 is 1.24 bits per heavy atom. The number of benzene rings is 1. The van der Waals surface area contributed by atoms with Gasteiger partial charge in [-0.3, -0.25) is 0 Å². The molecule has 0 saturated heterocycles. The first-order valence-electron chi connectivity index (χ1n) is 6.20. The van der Waals surface area contributed by atoms with Gasteiger partial charge < -0.3 is 10.1 Å². The van der Waals surface area contributed by atoms with Gasteiger partial charge in [-0.15, -0.1) is 0 Å². The Morgan fingerprint density at radius 2 is 1.88 bits per heavy atom. The summed E-state index contributed by atoms with van der Waals surface area (Å²) in [6.45, 7) is 8.87. The number of rotatable bonds is 7. The molecule has 0 spiro atoms. The Kier molecular flexibility index (Phi) is 6.78. The summed E-state index contributed by atoms with van der Waals surface area (Å²) >= 11 is 3.46. The summed E-state index contributed by atoms with van der Waals surface area (Å²) in [5.41, 5.74) is 1.33. The molecule has 1 N–H and O–H groups in total. The monoisotopic (exact) mass is 299 g/mol. The highest BCUT2D eigenvalue weighted by Gasteiger charge is 2.11. The average molecular weight is 300 g/mol. The maximum absolute atomic E-state index is 5.56. The van der Waals surface area contributed by atoms with Crippen LogP contribution in [0.4, 0.5) is 0 Å². The number of nitrogens with one attached hydrogen (secondary N) is 1. The van der Waals surface area contributed by atoms with Gasteiger partial charge in [0.2, 0.25) is 0 Å². The molecule has 3 heteroatoms. The lowest BCUT2D eigenvalue weighted by molar-refractivity contribution is 0.131. The lowest BCUT2D eigenvalue weighted by Crippen LogP contribution is -2.30. The molecule has 2 nitrogen and oxygen atoms in total. The minimum Gasteiger partial charge on any atom is -0.381 e. The van der Waals surface area contributed by atoms with Gasteiger partial charge in [0.25, 0.3) is 0 Å². The second-order valence-electron chi connectivity index (χ2n) is 4.47. The van der Waals surface area contributed by atoms with Crippen molar-refractivity contribution in [2.75, 3.05) is 19.8 Å². The summed E-state index contributed by atoms with van der Waals surface area (Å²) in [5, 5.41) is 3.48. The van der Waals surface area contributed by atoms with Crippen LogP contribution in [0.5, 0.6) is 0 Å². The summed E-state index contributed by atoms with van der Waals surface area (Å²) in [4.78, 5) is 0. The molecule has 1 aromatic carbocycles. The highest BCUT2D eigenvalue weighted by Crippen LogP contribution is 2.19. The van der Waals surface area contributed by atoms with Crippen molar-refractivity contribution in [1.82, 2.24) is 5.32 Å². The van der Waals surface area contributed by atoms with E-state index in [0.717, 1.165) is 24.2 Å². The minimum absolute atomic E-state index is 0.422. The van der Waals surface area contributed by atoms with E-state index in [1.165, 1.54) is 5.56 Å². The molecule has 0 saturated carbocycles. The first-order valence-corrected chi connectivity index (χ1v) is 6.99. The molecule has 0 fully saturated rings. The van der Waals surface area contributed by atoms with Crippen LogP contribution in [-0.2, 0) is 4.74 Å². The summed E-state index contributed by atoms with van der Waals surface area (Å²) in [6, 6.07) is 9.01. The minimum atomic E-state index is 0.422. The van der Waals surface area contributed by atoms with Crippen LogP contribution in [-0.4, -0.2) is 25.8 Å². The van der Waals surface area contributed by atoms with Crippen LogP contribution >= 0.6 is 15.9 Å². The third-order valence-corrected chi connectivity index (χ3v) is 3.17. The topological polar surface area (TPSA) is 21.3 Å². The highest BCUT2D eigenvalue weighted by atomic mass is 79.9. The van der Waals surface area contributed by atoms with E-state index < -0.39 is 0 Å². The summed E-state index contributed by atoms with van der Waals surface area (Å²) in [7, 11) is 0. The number of hydrogen-bond acceptors (Lipinski definition) is 2. The Labute approximate surface area is 113 Å². The van der Waals surface area contributed by atoms with E-state index in [1.807, 2.05) is 6.92 Å². The van der Waals surface area contributed by atoms with E-state index in [4.69, 9.17) is 4.74 Å². The van der Waals surface area contributed by atoms with E-state index in [2.05, 4.69) is 59.4 Å². The van der Waals surface area contributed by atoms with Crippen molar-refractivity contribution < 1.29 is 4.74 Å². The highest BCUT2D eigenvalue weighted by molar-refractivity contribution is 9.10. The Bertz CT molecular complexity index is 311. The molecule has 1 aromatic rings. The zero-order chi connectivity index (χ0) is 12.7. The fourth-order valence-electron chi connectivity index (χ4n) is 1.65. The summed E-state index contributed by atoms with van der Waals surface area (Å²) in [6.07, 6.45) is 0. The van der Waals surface area contributed by atoms with Gasteiger partial charge in [-0.2, -0.15) is 0 Å². The van der Waals surface area contributed by atoms with Gasteiger partial charge in [0.05, 0.1) is 6.61 Å². The second kappa shape index (κ2) is 7.85. The molecule has 96 valence electrons. The molecule has 0 radical (unpaired) electrons. The van der Waals surface area contributed by atoms with Crippen LogP contribution in [0.2, 0.25) is 0 Å². The van der Waals surface area contributed by atoms with Gasteiger partial charge in [-0.25, -0.2) is 0 Å². The van der Waals surface area contributed by atoms with Crippen LogP contribution in [0.25, 0.3) is 0 Å². The summed E-state index contributed by atoms with van der Waals surface area (Å²) < 4.78 is 6.68. The smallest absolute Gasteiger partial charge is 0.0546 e. The van der Waals surface area contributed by atoms with Gasteiger partial charge in [0, 0.05) is 29.6 Å². The van der Waals surface area contributed by atoms with E-state index in [-0.39, 0.29) is 0 Å². The van der Waals surface area contributed by atoms with Crippen LogP contribution in [0, 0.1) is 0 Å². The Morgan fingerprint density at radius 3 is 2.41 bits per heavy atom. The van der Waals surface area contributed by atoms with Gasteiger partial charge >= 0.3 is 0 Å².